The van der Waals surface area contributed by atoms with Gasteiger partial charge < -0.3 is 15.4 Å². The van der Waals surface area contributed by atoms with Crippen LogP contribution in [-0.4, -0.2) is 62.8 Å². The number of aliphatic imine (C=N–C) groups is 1. The first-order valence-corrected chi connectivity index (χ1v) is 7.89. The molecule has 1 heterocycles. The van der Waals surface area contributed by atoms with Crippen LogP contribution in [0, 0.1) is 11.8 Å². The van der Waals surface area contributed by atoms with Crippen LogP contribution in [0.5, 0.6) is 0 Å². The minimum absolute atomic E-state index is 0. The Bertz CT molecular complexity index is 338. The summed E-state index contributed by atoms with van der Waals surface area (Å²) in [5, 5.41) is 6.84. The standard InChI is InChI=1S/C15H30N4O.HI/c1-11(2)9-19-5-6-20-13(10-19)8-17-15(16-4)18-14-7-12(14)3;/h11-14H,5-10H2,1-4H3,(H2,16,17,18);1H. The first kappa shape index (κ1) is 19.0. The van der Waals surface area contributed by atoms with Crippen molar-refractivity contribution in [1.29, 1.82) is 0 Å². The van der Waals surface area contributed by atoms with E-state index in [0.29, 0.717) is 12.0 Å². The molecule has 0 radical (unpaired) electrons. The van der Waals surface area contributed by atoms with Gasteiger partial charge in [-0.15, -0.1) is 24.0 Å². The van der Waals surface area contributed by atoms with Crippen molar-refractivity contribution in [2.45, 2.75) is 39.3 Å². The van der Waals surface area contributed by atoms with E-state index in [1.54, 1.807) is 0 Å². The Labute approximate surface area is 146 Å². The van der Waals surface area contributed by atoms with E-state index in [1.165, 1.54) is 6.42 Å². The minimum atomic E-state index is 0. The summed E-state index contributed by atoms with van der Waals surface area (Å²) in [6.07, 6.45) is 1.51. The van der Waals surface area contributed by atoms with Crippen LogP contribution in [0.2, 0.25) is 0 Å². The zero-order valence-electron chi connectivity index (χ0n) is 13.8. The molecule has 1 saturated heterocycles. The highest BCUT2D eigenvalue weighted by molar-refractivity contribution is 14.0. The molecule has 0 aromatic carbocycles. The fraction of sp³-hybridized carbons (Fsp3) is 0.933. The Morgan fingerprint density at radius 3 is 2.71 bits per heavy atom. The van der Waals surface area contributed by atoms with Gasteiger partial charge in [-0.3, -0.25) is 9.89 Å². The van der Waals surface area contributed by atoms with Crippen molar-refractivity contribution in [3.63, 3.8) is 0 Å². The van der Waals surface area contributed by atoms with Crippen LogP contribution in [0.25, 0.3) is 0 Å². The number of guanidine groups is 1. The Morgan fingerprint density at radius 1 is 1.43 bits per heavy atom. The summed E-state index contributed by atoms with van der Waals surface area (Å²) in [5.74, 6) is 2.40. The molecule has 21 heavy (non-hydrogen) atoms. The maximum absolute atomic E-state index is 5.84. The molecule has 0 spiro atoms. The van der Waals surface area contributed by atoms with Crippen molar-refractivity contribution in [2.24, 2.45) is 16.8 Å². The van der Waals surface area contributed by atoms with Crippen molar-refractivity contribution in [1.82, 2.24) is 15.5 Å². The lowest BCUT2D eigenvalue weighted by Gasteiger charge is -2.34. The smallest absolute Gasteiger partial charge is 0.191 e. The monoisotopic (exact) mass is 410 g/mol. The van der Waals surface area contributed by atoms with Crippen LogP contribution in [0.3, 0.4) is 0 Å². The largest absolute Gasteiger partial charge is 0.374 e. The molecule has 3 unspecified atom stereocenters. The Hall–Kier alpha value is -0.0800. The molecule has 2 rings (SSSR count). The Kier molecular flexibility index (Phi) is 8.26. The van der Waals surface area contributed by atoms with Crippen LogP contribution in [-0.2, 0) is 4.74 Å². The van der Waals surface area contributed by atoms with E-state index in [9.17, 15) is 0 Å². The summed E-state index contributed by atoms with van der Waals surface area (Å²) < 4.78 is 5.84. The van der Waals surface area contributed by atoms with Gasteiger partial charge in [-0.2, -0.15) is 0 Å². The Morgan fingerprint density at radius 2 is 2.14 bits per heavy atom. The molecule has 0 amide bonds. The first-order valence-electron chi connectivity index (χ1n) is 7.89. The molecule has 2 aliphatic rings. The molecule has 5 nitrogen and oxygen atoms in total. The number of halogens is 1. The summed E-state index contributed by atoms with van der Waals surface area (Å²) in [6.45, 7) is 11.7. The number of rotatable bonds is 5. The van der Waals surface area contributed by atoms with Gasteiger partial charge in [0.15, 0.2) is 5.96 Å². The average Bonchev–Trinajstić information content (AvgIpc) is 3.09. The molecule has 2 N–H and O–H groups in total. The fourth-order valence-electron chi connectivity index (χ4n) is 2.69. The van der Waals surface area contributed by atoms with Gasteiger partial charge in [-0.25, -0.2) is 0 Å². The van der Waals surface area contributed by atoms with Gasteiger partial charge in [0.05, 0.1) is 12.7 Å². The topological polar surface area (TPSA) is 48.9 Å². The first-order chi connectivity index (χ1) is 9.58. The highest BCUT2D eigenvalue weighted by atomic mass is 127. The van der Waals surface area contributed by atoms with Crippen LogP contribution in [0.4, 0.5) is 0 Å². The normalized spacial score (nSPS) is 30.0. The van der Waals surface area contributed by atoms with Crippen LogP contribution < -0.4 is 10.6 Å². The molecule has 2 fully saturated rings. The molecule has 0 aromatic rings. The molecule has 1 saturated carbocycles. The Balaban J connectivity index is 0.00000220. The minimum Gasteiger partial charge on any atom is -0.374 e. The summed E-state index contributed by atoms with van der Waals surface area (Å²) in [6, 6.07) is 0.603. The summed E-state index contributed by atoms with van der Waals surface area (Å²) in [4.78, 5) is 6.78. The van der Waals surface area contributed by atoms with E-state index < -0.39 is 0 Å². The van der Waals surface area contributed by atoms with Gasteiger partial charge in [-0.1, -0.05) is 20.8 Å². The predicted octanol–water partition coefficient (Wildman–Crippen LogP) is 1.53. The quantitative estimate of drug-likeness (QED) is 0.410. The van der Waals surface area contributed by atoms with Crippen LogP contribution >= 0.6 is 24.0 Å². The van der Waals surface area contributed by atoms with Gasteiger partial charge in [0.25, 0.3) is 0 Å². The third-order valence-corrected chi connectivity index (χ3v) is 4.00. The zero-order chi connectivity index (χ0) is 14.5. The van der Waals surface area contributed by atoms with Gasteiger partial charge in [0, 0.05) is 39.3 Å². The second-order valence-electron chi connectivity index (χ2n) is 6.56. The number of hydrogen-bond donors (Lipinski definition) is 2. The van der Waals surface area contributed by atoms with E-state index in [4.69, 9.17) is 4.74 Å². The van der Waals surface area contributed by atoms with E-state index in [-0.39, 0.29) is 30.1 Å². The fourth-order valence-corrected chi connectivity index (χ4v) is 2.69. The summed E-state index contributed by atoms with van der Waals surface area (Å²) in [7, 11) is 1.83. The molecule has 0 aromatic heterocycles. The maximum atomic E-state index is 5.84. The van der Waals surface area contributed by atoms with Gasteiger partial charge in [0.1, 0.15) is 0 Å². The molecular formula is C15H31IN4O. The van der Waals surface area contributed by atoms with E-state index in [2.05, 4.69) is 41.3 Å². The molecule has 3 atom stereocenters. The highest BCUT2D eigenvalue weighted by Gasteiger charge is 2.33. The number of morpholine rings is 1. The van der Waals surface area contributed by atoms with E-state index in [0.717, 1.165) is 44.7 Å². The van der Waals surface area contributed by atoms with Gasteiger partial charge in [0.2, 0.25) is 0 Å². The van der Waals surface area contributed by atoms with Crippen molar-refractivity contribution < 1.29 is 4.74 Å². The molecular weight excluding hydrogens is 379 g/mol. The third-order valence-electron chi connectivity index (χ3n) is 4.00. The summed E-state index contributed by atoms with van der Waals surface area (Å²) >= 11 is 0. The molecule has 6 heteroatoms. The zero-order valence-corrected chi connectivity index (χ0v) is 16.1. The SMILES string of the molecule is CN=C(NCC1CN(CC(C)C)CCO1)NC1CC1C.I. The lowest BCUT2D eigenvalue weighted by Crippen LogP contribution is -2.50. The van der Waals surface area contributed by atoms with Crippen molar-refractivity contribution in [3.05, 3.63) is 0 Å². The number of ether oxygens (including phenoxy) is 1. The summed E-state index contributed by atoms with van der Waals surface area (Å²) in [5.41, 5.74) is 0. The molecule has 1 aliphatic carbocycles. The van der Waals surface area contributed by atoms with Crippen LogP contribution in [0.15, 0.2) is 4.99 Å². The van der Waals surface area contributed by atoms with Crippen LogP contribution in [0.1, 0.15) is 27.2 Å². The highest BCUT2D eigenvalue weighted by Crippen LogP contribution is 2.28. The third kappa shape index (κ3) is 6.69. The average molecular weight is 410 g/mol. The predicted molar refractivity (Wildman–Crippen MR) is 98.5 cm³/mol. The number of nitrogens with one attached hydrogen (secondary N) is 2. The maximum Gasteiger partial charge on any atom is 0.191 e. The lowest BCUT2D eigenvalue weighted by molar-refractivity contribution is -0.0284. The lowest BCUT2D eigenvalue weighted by atomic mass is 10.2. The van der Waals surface area contributed by atoms with Crippen molar-refractivity contribution in [3.8, 4) is 0 Å². The number of nitrogens with zero attached hydrogens (tertiary/aromatic N) is 2. The van der Waals surface area contributed by atoms with E-state index in [1.807, 2.05) is 7.05 Å². The molecule has 124 valence electrons. The van der Waals surface area contributed by atoms with Gasteiger partial charge in [-0.05, 0) is 18.3 Å². The number of hydrogen-bond acceptors (Lipinski definition) is 3. The second kappa shape index (κ2) is 9.15. The second-order valence-corrected chi connectivity index (χ2v) is 6.56. The van der Waals surface area contributed by atoms with Crippen molar-refractivity contribution in [2.75, 3.05) is 39.8 Å². The van der Waals surface area contributed by atoms with E-state index >= 15 is 0 Å². The van der Waals surface area contributed by atoms with Crippen molar-refractivity contribution >= 4 is 29.9 Å². The molecule has 0 bridgehead atoms. The molecule has 1 aliphatic heterocycles. The van der Waals surface area contributed by atoms with Gasteiger partial charge >= 0.3 is 0 Å².